The molecule has 0 saturated heterocycles. The number of hydrogen-bond donors (Lipinski definition) is 0. The highest BCUT2D eigenvalue weighted by Gasteiger charge is 2.44. The highest BCUT2D eigenvalue weighted by Crippen LogP contribution is 2.52. The van der Waals surface area contributed by atoms with E-state index in [0.717, 1.165) is 5.71 Å². The molecule has 2 unspecified atom stereocenters. The molecule has 1 aliphatic heterocycles. The van der Waals surface area contributed by atoms with Gasteiger partial charge in [-0.3, -0.25) is 0 Å². The van der Waals surface area contributed by atoms with Gasteiger partial charge in [0.25, 0.3) is 0 Å². The molecule has 2 heteroatoms. The van der Waals surface area contributed by atoms with E-state index in [1.54, 1.807) is 0 Å². The second-order valence-electron chi connectivity index (χ2n) is 7.05. The third kappa shape index (κ3) is 1.68. The minimum Gasteiger partial charge on any atom is -0.386 e. The van der Waals surface area contributed by atoms with Gasteiger partial charge in [0, 0.05) is 11.1 Å². The molecule has 3 aromatic carbocycles. The smallest absolute Gasteiger partial charge is 0.165 e. The maximum atomic E-state index is 5.94. The molecule has 3 aromatic rings. The molecule has 118 valence electrons. The summed E-state index contributed by atoms with van der Waals surface area (Å²) in [4.78, 5) is 5.94. The molecular formula is C22H19NO. The first-order valence-electron chi connectivity index (χ1n) is 8.48. The lowest BCUT2D eigenvalue weighted by atomic mass is 9.85. The Kier molecular flexibility index (Phi) is 2.70. The van der Waals surface area contributed by atoms with Crippen LogP contribution >= 0.6 is 0 Å². The molecule has 2 aliphatic rings. The van der Waals surface area contributed by atoms with Crippen LogP contribution in [0.25, 0.3) is 10.8 Å². The van der Waals surface area contributed by atoms with Crippen LogP contribution in [0.2, 0.25) is 0 Å². The van der Waals surface area contributed by atoms with Gasteiger partial charge in [0.05, 0.1) is 11.6 Å². The van der Waals surface area contributed by atoms with E-state index in [2.05, 4.69) is 74.5 Å². The highest BCUT2D eigenvalue weighted by molar-refractivity contribution is 6.12. The molecule has 0 amide bonds. The van der Waals surface area contributed by atoms with Crippen molar-refractivity contribution in [2.24, 2.45) is 5.16 Å². The molecular weight excluding hydrogens is 294 g/mol. The van der Waals surface area contributed by atoms with Gasteiger partial charge >= 0.3 is 0 Å². The standard InChI is InChI=1S/C22H19NO/c1-12-10-13(2)18(14(3)11-12)21-20-16-8-4-6-15-7-5-9-17(19(15)16)22(20)24-23-21/h4-11,20,22H,1-3H3. The van der Waals surface area contributed by atoms with Crippen molar-refractivity contribution in [1.29, 1.82) is 0 Å². The molecule has 2 atom stereocenters. The van der Waals surface area contributed by atoms with Crippen molar-refractivity contribution in [1.82, 2.24) is 0 Å². The SMILES string of the molecule is Cc1cc(C)c(C2=NOC3c4cccc5cccc(c45)C23)c(C)c1. The van der Waals surface area contributed by atoms with Crippen LogP contribution in [0.3, 0.4) is 0 Å². The fourth-order valence-electron chi connectivity index (χ4n) is 4.60. The quantitative estimate of drug-likeness (QED) is 0.594. The van der Waals surface area contributed by atoms with Crippen molar-refractivity contribution in [3.05, 3.63) is 81.9 Å². The number of fused-ring (bicyclic) bond motifs is 3. The lowest BCUT2D eigenvalue weighted by molar-refractivity contribution is 0.0808. The van der Waals surface area contributed by atoms with Gasteiger partial charge in [-0.05, 0) is 48.2 Å². The van der Waals surface area contributed by atoms with Crippen LogP contribution < -0.4 is 0 Å². The van der Waals surface area contributed by atoms with E-state index in [0.29, 0.717) is 0 Å². The first-order chi connectivity index (χ1) is 11.6. The largest absolute Gasteiger partial charge is 0.386 e. The van der Waals surface area contributed by atoms with Crippen molar-refractivity contribution >= 4 is 16.5 Å². The van der Waals surface area contributed by atoms with Gasteiger partial charge < -0.3 is 4.84 Å². The molecule has 0 bridgehead atoms. The van der Waals surface area contributed by atoms with E-state index in [1.165, 1.54) is 44.2 Å². The topological polar surface area (TPSA) is 21.6 Å². The summed E-state index contributed by atoms with van der Waals surface area (Å²) >= 11 is 0. The summed E-state index contributed by atoms with van der Waals surface area (Å²) in [5.74, 6) is 0.200. The van der Waals surface area contributed by atoms with Crippen LogP contribution in [0.1, 0.15) is 45.4 Å². The van der Waals surface area contributed by atoms with Crippen LogP contribution in [-0.4, -0.2) is 5.71 Å². The van der Waals surface area contributed by atoms with Crippen LogP contribution in [0.15, 0.2) is 53.7 Å². The lowest BCUT2D eigenvalue weighted by Crippen LogP contribution is -2.14. The Balaban J connectivity index is 1.74. The van der Waals surface area contributed by atoms with Gasteiger partial charge in [0.15, 0.2) is 6.10 Å². The molecule has 0 radical (unpaired) electrons. The molecule has 0 fully saturated rings. The molecule has 0 saturated carbocycles. The fraction of sp³-hybridized carbons (Fsp3) is 0.227. The third-order valence-corrected chi connectivity index (χ3v) is 5.41. The van der Waals surface area contributed by atoms with E-state index >= 15 is 0 Å². The van der Waals surface area contributed by atoms with Gasteiger partial charge in [-0.2, -0.15) is 0 Å². The Labute approximate surface area is 141 Å². The molecule has 24 heavy (non-hydrogen) atoms. The van der Waals surface area contributed by atoms with E-state index < -0.39 is 0 Å². The van der Waals surface area contributed by atoms with Gasteiger partial charge in [0.2, 0.25) is 0 Å². The summed E-state index contributed by atoms with van der Waals surface area (Å²) < 4.78 is 0. The molecule has 0 aromatic heterocycles. The number of hydrogen-bond acceptors (Lipinski definition) is 2. The zero-order valence-corrected chi connectivity index (χ0v) is 14.1. The number of aryl methyl sites for hydroxylation is 3. The van der Waals surface area contributed by atoms with Crippen molar-refractivity contribution in [2.45, 2.75) is 32.8 Å². The molecule has 5 rings (SSSR count). The highest BCUT2D eigenvalue weighted by atomic mass is 16.6. The molecule has 2 nitrogen and oxygen atoms in total. The maximum absolute atomic E-state index is 5.94. The van der Waals surface area contributed by atoms with E-state index in [4.69, 9.17) is 4.84 Å². The summed E-state index contributed by atoms with van der Waals surface area (Å²) in [6.45, 7) is 6.49. The molecule has 0 spiro atoms. The van der Waals surface area contributed by atoms with Gasteiger partial charge in [0.1, 0.15) is 0 Å². The first-order valence-corrected chi connectivity index (χ1v) is 8.48. The summed E-state index contributed by atoms with van der Waals surface area (Å²) in [7, 11) is 0. The van der Waals surface area contributed by atoms with Crippen LogP contribution in [0.5, 0.6) is 0 Å². The number of rotatable bonds is 1. The Bertz CT molecular complexity index is 1000. The van der Waals surface area contributed by atoms with Crippen molar-refractivity contribution < 1.29 is 4.84 Å². The number of oxime groups is 1. The third-order valence-electron chi connectivity index (χ3n) is 5.41. The zero-order chi connectivity index (χ0) is 16.4. The number of nitrogens with zero attached hydrogens (tertiary/aromatic N) is 1. The predicted octanol–water partition coefficient (Wildman–Crippen LogP) is 5.34. The minimum absolute atomic E-state index is 0.0150. The average molecular weight is 313 g/mol. The van der Waals surface area contributed by atoms with Crippen molar-refractivity contribution in [3.8, 4) is 0 Å². The monoisotopic (exact) mass is 313 g/mol. The summed E-state index contributed by atoms with van der Waals surface area (Å²) in [6.07, 6.45) is 0.0150. The van der Waals surface area contributed by atoms with E-state index in [1.807, 2.05) is 0 Å². The van der Waals surface area contributed by atoms with Crippen LogP contribution in [-0.2, 0) is 4.84 Å². The van der Waals surface area contributed by atoms with E-state index in [9.17, 15) is 0 Å². The molecule has 1 heterocycles. The fourth-order valence-corrected chi connectivity index (χ4v) is 4.60. The first kappa shape index (κ1) is 13.8. The van der Waals surface area contributed by atoms with Gasteiger partial charge in [-0.15, -0.1) is 0 Å². The van der Waals surface area contributed by atoms with Crippen molar-refractivity contribution in [2.75, 3.05) is 0 Å². The second kappa shape index (κ2) is 4.70. The summed E-state index contributed by atoms with van der Waals surface area (Å²) in [5.41, 5.74) is 8.80. The Morgan fingerprint density at radius 3 is 2.25 bits per heavy atom. The Morgan fingerprint density at radius 1 is 0.875 bits per heavy atom. The Morgan fingerprint density at radius 2 is 1.54 bits per heavy atom. The van der Waals surface area contributed by atoms with Crippen molar-refractivity contribution in [3.63, 3.8) is 0 Å². The van der Waals surface area contributed by atoms with Crippen LogP contribution in [0.4, 0.5) is 0 Å². The molecule has 0 N–H and O–H groups in total. The maximum Gasteiger partial charge on any atom is 0.165 e. The lowest BCUT2D eigenvalue weighted by Gasteiger charge is -2.16. The van der Waals surface area contributed by atoms with Crippen LogP contribution in [0, 0.1) is 20.8 Å². The predicted molar refractivity (Wildman–Crippen MR) is 97.7 cm³/mol. The second-order valence-corrected chi connectivity index (χ2v) is 7.05. The zero-order valence-electron chi connectivity index (χ0n) is 14.1. The van der Waals surface area contributed by atoms with Gasteiger partial charge in [-0.25, -0.2) is 0 Å². The minimum atomic E-state index is 0.0150. The normalized spacial score (nSPS) is 20.9. The average Bonchev–Trinajstić information content (AvgIpc) is 3.09. The van der Waals surface area contributed by atoms with Gasteiger partial charge in [-0.1, -0.05) is 59.3 Å². The summed E-state index contributed by atoms with van der Waals surface area (Å²) in [5, 5.41) is 7.19. The number of benzene rings is 3. The summed E-state index contributed by atoms with van der Waals surface area (Å²) in [6, 6.07) is 17.5. The van der Waals surface area contributed by atoms with E-state index in [-0.39, 0.29) is 12.0 Å². The Hall–Kier alpha value is -2.61. The molecule has 1 aliphatic carbocycles.